The van der Waals surface area contributed by atoms with Crippen molar-refractivity contribution in [2.75, 3.05) is 12.0 Å². The molecule has 14 heavy (non-hydrogen) atoms. The normalized spacial score (nSPS) is 12.5. The van der Waals surface area contributed by atoms with Gasteiger partial charge in [-0.3, -0.25) is 0 Å². The number of nitrogen functional groups attached to an aromatic ring is 1. The third-order valence-corrected chi connectivity index (χ3v) is 2.98. The van der Waals surface area contributed by atoms with E-state index in [0.717, 1.165) is 11.3 Å². The molecule has 78 valence electrons. The van der Waals surface area contributed by atoms with E-state index < -0.39 is 0 Å². The largest absolute Gasteiger partial charge is 0.395 e. The molecule has 1 aromatic rings. The Hall–Kier alpha value is -0.780. The van der Waals surface area contributed by atoms with E-state index in [1.165, 1.54) is 0 Å². The molecule has 0 aromatic carbocycles. The number of hydrazine groups is 1. The Morgan fingerprint density at radius 1 is 1.64 bits per heavy atom. The molecule has 0 fully saturated rings. The lowest BCUT2D eigenvalue weighted by molar-refractivity contribution is 0.300. The summed E-state index contributed by atoms with van der Waals surface area (Å²) in [6.07, 6.45) is 1.78. The number of nitrogens with two attached hydrogens (primary N) is 1. The third kappa shape index (κ3) is 3.53. The highest BCUT2D eigenvalue weighted by atomic mass is 32.2. The second-order valence-electron chi connectivity index (χ2n) is 3.00. The highest BCUT2D eigenvalue weighted by Crippen LogP contribution is 2.17. The number of thioether (sulfide) groups is 1. The van der Waals surface area contributed by atoms with E-state index in [1.807, 2.05) is 19.1 Å². The Kier molecular flexibility index (Phi) is 4.72. The molecule has 0 amide bonds. The van der Waals surface area contributed by atoms with Gasteiger partial charge in [-0.15, -0.1) is 0 Å². The zero-order valence-electron chi connectivity index (χ0n) is 8.10. The van der Waals surface area contributed by atoms with Gasteiger partial charge >= 0.3 is 0 Å². The van der Waals surface area contributed by atoms with E-state index in [2.05, 4.69) is 10.4 Å². The smallest absolute Gasteiger partial charge is 0.139 e. The molecule has 0 saturated carbocycles. The van der Waals surface area contributed by atoms with E-state index in [4.69, 9.17) is 10.9 Å². The van der Waals surface area contributed by atoms with E-state index >= 15 is 0 Å². The second-order valence-corrected chi connectivity index (χ2v) is 4.43. The molecular formula is C9H15N3OS. The lowest BCUT2D eigenvalue weighted by Crippen LogP contribution is -2.08. The Labute approximate surface area is 87.9 Å². The number of nitrogens with zero attached hydrogens (tertiary/aromatic N) is 1. The van der Waals surface area contributed by atoms with Crippen LogP contribution in [0.2, 0.25) is 0 Å². The number of pyridine rings is 1. The molecule has 0 aliphatic heterocycles. The fourth-order valence-electron chi connectivity index (χ4n) is 0.886. The monoisotopic (exact) mass is 213 g/mol. The Morgan fingerprint density at radius 3 is 2.93 bits per heavy atom. The number of nitrogens with one attached hydrogen (secondary N) is 1. The minimum atomic E-state index is 0.209. The van der Waals surface area contributed by atoms with Crippen molar-refractivity contribution in [3.05, 3.63) is 23.9 Å². The first kappa shape index (κ1) is 11.3. The van der Waals surface area contributed by atoms with Crippen LogP contribution in [-0.2, 0) is 5.75 Å². The first-order chi connectivity index (χ1) is 6.76. The fourth-order valence-corrected chi connectivity index (χ4v) is 1.64. The van der Waals surface area contributed by atoms with Crippen molar-refractivity contribution in [2.24, 2.45) is 5.84 Å². The van der Waals surface area contributed by atoms with Gasteiger partial charge in [0.25, 0.3) is 0 Å². The molecule has 4 N–H and O–H groups in total. The zero-order chi connectivity index (χ0) is 10.4. The van der Waals surface area contributed by atoms with Crippen molar-refractivity contribution in [1.82, 2.24) is 4.98 Å². The average Bonchev–Trinajstić information content (AvgIpc) is 2.26. The van der Waals surface area contributed by atoms with Crippen molar-refractivity contribution in [3.8, 4) is 0 Å². The minimum Gasteiger partial charge on any atom is -0.395 e. The van der Waals surface area contributed by atoms with Gasteiger partial charge in [-0.1, -0.05) is 13.0 Å². The van der Waals surface area contributed by atoms with Crippen LogP contribution >= 0.6 is 11.8 Å². The van der Waals surface area contributed by atoms with Crippen LogP contribution in [0.4, 0.5) is 5.82 Å². The van der Waals surface area contributed by atoms with Gasteiger partial charge in [0, 0.05) is 17.2 Å². The van der Waals surface area contributed by atoms with Gasteiger partial charge in [-0.05, 0) is 11.6 Å². The summed E-state index contributed by atoms with van der Waals surface area (Å²) >= 11 is 1.70. The number of hydrogen-bond acceptors (Lipinski definition) is 5. The molecule has 0 spiro atoms. The molecule has 1 heterocycles. The summed E-state index contributed by atoms with van der Waals surface area (Å²) in [6, 6.07) is 3.80. The third-order valence-electron chi connectivity index (χ3n) is 1.76. The van der Waals surface area contributed by atoms with Crippen molar-refractivity contribution in [1.29, 1.82) is 0 Å². The summed E-state index contributed by atoms with van der Waals surface area (Å²) in [5.74, 6) is 6.71. The van der Waals surface area contributed by atoms with Crippen LogP contribution in [0.3, 0.4) is 0 Å². The number of anilines is 1. The van der Waals surface area contributed by atoms with Gasteiger partial charge < -0.3 is 10.5 Å². The van der Waals surface area contributed by atoms with Crippen LogP contribution in [0.25, 0.3) is 0 Å². The predicted octanol–water partition coefficient (Wildman–Crippen LogP) is 0.981. The summed E-state index contributed by atoms with van der Waals surface area (Å²) in [5.41, 5.74) is 3.61. The van der Waals surface area contributed by atoms with Gasteiger partial charge in [0.05, 0.1) is 6.61 Å². The lowest BCUT2D eigenvalue weighted by Gasteiger charge is -2.07. The summed E-state index contributed by atoms with van der Waals surface area (Å²) in [4.78, 5) is 4.09. The topological polar surface area (TPSA) is 71.2 Å². The number of rotatable bonds is 5. The van der Waals surface area contributed by atoms with Gasteiger partial charge in [0.1, 0.15) is 5.82 Å². The summed E-state index contributed by atoms with van der Waals surface area (Å²) in [7, 11) is 0. The van der Waals surface area contributed by atoms with Crippen molar-refractivity contribution < 1.29 is 5.11 Å². The van der Waals surface area contributed by atoms with Crippen molar-refractivity contribution in [2.45, 2.75) is 17.9 Å². The first-order valence-electron chi connectivity index (χ1n) is 4.40. The quantitative estimate of drug-likeness (QED) is 0.502. The molecule has 1 unspecified atom stereocenters. The molecule has 1 rings (SSSR count). The molecule has 0 saturated heterocycles. The van der Waals surface area contributed by atoms with Gasteiger partial charge in [-0.2, -0.15) is 11.8 Å². The number of aliphatic hydroxyl groups is 1. The van der Waals surface area contributed by atoms with E-state index in [0.29, 0.717) is 5.82 Å². The molecule has 1 atom stereocenters. The molecule has 0 aliphatic carbocycles. The highest BCUT2D eigenvalue weighted by Gasteiger charge is 2.01. The molecule has 1 aromatic heterocycles. The van der Waals surface area contributed by atoms with E-state index in [1.54, 1.807) is 18.0 Å². The molecule has 4 nitrogen and oxygen atoms in total. The van der Waals surface area contributed by atoms with Crippen LogP contribution < -0.4 is 11.3 Å². The van der Waals surface area contributed by atoms with Gasteiger partial charge in [0.2, 0.25) is 0 Å². The standard InChI is InChI=1S/C9H15N3OS/c1-7(5-13)14-6-8-2-3-9(12-10)11-4-8/h2-4,7,13H,5-6,10H2,1H3,(H,11,12). The van der Waals surface area contributed by atoms with Gasteiger partial charge in [-0.25, -0.2) is 10.8 Å². The Morgan fingerprint density at radius 2 is 2.43 bits per heavy atom. The lowest BCUT2D eigenvalue weighted by atomic mass is 10.3. The minimum absolute atomic E-state index is 0.209. The average molecular weight is 213 g/mol. The molecule has 0 bridgehead atoms. The molecule has 5 heteroatoms. The van der Waals surface area contributed by atoms with Crippen LogP contribution in [0, 0.1) is 0 Å². The molecule has 0 aliphatic rings. The summed E-state index contributed by atoms with van der Waals surface area (Å²) in [6.45, 7) is 2.20. The number of hydrogen-bond donors (Lipinski definition) is 3. The Bertz CT molecular complexity index is 265. The van der Waals surface area contributed by atoms with Crippen LogP contribution in [0.5, 0.6) is 0 Å². The maximum absolute atomic E-state index is 8.83. The van der Waals surface area contributed by atoms with E-state index in [9.17, 15) is 0 Å². The van der Waals surface area contributed by atoms with Crippen LogP contribution in [-0.4, -0.2) is 21.9 Å². The van der Waals surface area contributed by atoms with E-state index in [-0.39, 0.29) is 11.9 Å². The van der Waals surface area contributed by atoms with Crippen molar-refractivity contribution in [3.63, 3.8) is 0 Å². The van der Waals surface area contributed by atoms with Crippen LogP contribution in [0.15, 0.2) is 18.3 Å². The summed E-state index contributed by atoms with van der Waals surface area (Å²) in [5, 5.41) is 9.10. The fraction of sp³-hybridized carbons (Fsp3) is 0.444. The van der Waals surface area contributed by atoms with Crippen LogP contribution in [0.1, 0.15) is 12.5 Å². The number of aromatic nitrogens is 1. The Balaban J connectivity index is 2.43. The highest BCUT2D eigenvalue weighted by molar-refractivity contribution is 7.99. The zero-order valence-corrected chi connectivity index (χ0v) is 8.92. The SMILES string of the molecule is CC(CO)SCc1ccc(NN)nc1. The maximum Gasteiger partial charge on any atom is 0.139 e. The predicted molar refractivity (Wildman–Crippen MR) is 59.9 cm³/mol. The first-order valence-corrected chi connectivity index (χ1v) is 5.45. The maximum atomic E-state index is 8.83. The van der Waals surface area contributed by atoms with Crippen molar-refractivity contribution >= 4 is 17.6 Å². The summed E-state index contributed by atoms with van der Waals surface area (Å²) < 4.78 is 0. The molecule has 0 radical (unpaired) electrons. The second kappa shape index (κ2) is 5.85. The molecular weight excluding hydrogens is 198 g/mol. The van der Waals surface area contributed by atoms with Gasteiger partial charge in [0.15, 0.2) is 0 Å². The number of aliphatic hydroxyl groups excluding tert-OH is 1.